The lowest BCUT2D eigenvalue weighted by molar-refractivity contribution is 0.197. The van der Waals surface area contributed by atoms with Gasteiger partial charge in [0.25, 0.3) is 0 Å². The fourth-order valence-electron chi connectivity index (χ4n) is 6.78. The first-order valence-electron chi connectivity index (χ1n) is 14.4. The van der Waals surface area contributed by atoms with Crippen molar-refractivity contribution in [3.8, 4) is 35.4 Å². The molecule has 0 radical (unpaired) electrons. The van der Waals surface area contributed by atoms with Gasteiger partial charge < -0.3 is 20.1 Å². The van der Waals surface area contributed by atoms with Crippen LogP contribution in [0.25, 0.3) is 32.9 Å². The van der Waals surface area contributed by atoms with Gasteiger partial charge in [0.05, 0.1) is 17.6 Å². The molecule has 41 heavy (non-hydrogen) atoms. The molecule has 7 rings (SSSR count). The number of hydrogen-bond donors (Lipinski definition) is 2. The number of terminal acetylenes is 1. The number of piperazine rings is 1. The van der Waals surface area contributed by atoms with Gasteiger partial charge in [0, 0.05) is 42.3 Å². The van der Waals surface area contributed by atoms with Crippen LogP contribution in [0, 0.1) is 29.9 Å². The molecule has 2 aromatic carbocycles. The summed E-state index contributed by atoms with van der Waals surface area (Å²) in [5.41, 5.74) is 0.162. The van der Waals surface area contributed by atoms with E-state index in [1.807, 2.05) is 0 Å². The number of halogens is 2. The summed E-state index contributed by atoms with van der Waals surface area (Å²) >= 11 is 0. The van der Waals surface area contributed by atoms with E-state index in [9.17, 15) is 9.50 Å². The summed E-state index contributed by atoms with van der Waals surface area (Å²) in [6.45, 7) is 1.98. The molecule has 2 bridgehead atoms. The second kappa shape index (κ2) is 10.4. The lowest BCUT2D eigenvalue weighted by Gasteiger charge is -2.34. The molecule has 0 amide bonds. The summed E-state index contributed by atoms with van der Waals surface area (Å²) in [6.07, 6.45) is 15.2. The molecule has 2 N–H and O–H groups in total. The largest absolute Gasteiger partial charge is 0.508 e. The van der Waals surface area contributed by atoms with E-state index in [0.717, 1.165) is 38.8 Å². The zero-order valence-electron chi connectivity index (χ0n) is 22.7. The van der Waals surface area contributed by atoms with E-state index in [-0.39, 0.29) is 34.1 Å². The Morgan fingerprint density at radius 3 is 2.59 bits per heavy atom. The molecule has 2 aromatic heterocycles. The number of ether oxygens (including phenoxy) is 1. The molecule has 4 aromatic rings. The minimum Gasteiger partial charge on any atom is -0.508 e. The van der Waals surface area contributed by atoms with Gasteiger partial charge in [-0.1, -0.05) is 31.2 Å². The average molecular weight is 556 g/mol. The number of nitrogens with zero attached hydrogens (tertiary/aromatic N) is 4. The van der Waals surface area contributed by atoms with Crippen LogP contribution < -0.4 is 15.0 Å². The molecule has 2 unspecified atom stereocenters. The molecule has 2 saturated heterocycles. The molecule has 3 fully saturated rings. The predicted molar refractivity (Wildman–Crippen MR) is 154 cm³/mol. The van der Waals surface area contributed by atoms with Gasteiger partial charge >= 0.3 is 6.01 Å². The fraction of sp³-hybridized carbons (Fsp3) is 0.406. The number of nitrogens with one attached hydrogen (secondary N) is 1. The Morgan fingerprint density at radius 1 is 1.05 bits per heavy atom. The van der Waals surface area contributed by atoms with Crippen molar-refractivity contribution < 1.29 is 18.6 Å². The minimum atomic E-state index is -0.703. The van der Waals surface area contributed by atoms with Crippen molar-refractivity contribution in [1.82, 2.24) is 20.3 Å². The maximum Gasteiger partial charge on any atom is 0.319 e. The van der Waals surface area contributed by atoms with E-state index in [2.05, 4.69) is 26.1 Å². The maximum absolute atomic E-state index is 16.6. The first kappa shape index (κ1) is 25.9. The van der Waals surface area contributed by atoms with Crippen molar-refractivity contribution >= 4 is 27.5 Å². The van der Waals surface area contributed by atoms with Gasteiger partial charge in [-0.15, -0.1) is 6.42 Å². The lowest BCUT2D eigenvalue weighted by atomic mass is 9.90. The van der Waals surface area contributed by atoms with Crippen LogP contribution in [-0.4, -0.2) is 51.8 Å². The smallest absolute Gasteiger partial charge is 0.319 e. The number of hydrogen-bond acceptors (Lipinski definition) is 7. The highest BCUT2D eigenvalue weighted by Crippen LogP contribution is 2.39. The fourth-order valence-corrected chi connectivity index (χ4v) is 6.78. The molecular formula is C32H31F2N5O2. The first-order valence-corrected chi connectivity index (χ1v) is 14.4. The van der Waals surface area contributed by atoms with Gasteiger partial charge in [-0.25, -0.2) is 8.78 Å². The Balaban J connectivity index is 1.38. The van der Waals surface area contributed by atoms with Gasteiger partial charge in [-0.3, -0.25) is 4.98 Å². The average Bonchev–Trinajstić information content (AvgIpc) is 3.33. The third kappa shape index (κ3) is 4.70. The number of rotatable bonds is 5. The number of aromatic hydroxyl groups is 1. The Bertz CT molecular complexity index is 1690. The van der Waals surface area contributed by atoms with Gasteiger partial charge in [0.1, 0.15) is 28.6 Å². The molecule has 210 valence electrons. The summed E-state index contributed by atoms with van der Waals surface area (Å²) in [5, 5.41) is 15.3. The number of anilines is 1. The van der Waals surface area contributed by atoms with Gasteiger partial charge in [-0.2, -0.15) is 9.97 Å². The third-order valence-electron chi connectivity index (χ3n) is 8.78. The van der Waals surface area contributed by atoms with E-state index in [0.29, 0.717) is 46.6 Å². The summed E-state index contributed by atoms with van der Waals surface area (Å²) in [7, 11) is 0. The molecule has 3 aliphatic rings. The van der Waals surface area contributed by atoms with Gasteiger partial charge in [-0.05, 0) is 55.2 Å². The number of phenolic OH excluding ortho intramolecular Hbond substituents is 1. The molecule has 9 heteroatoms. The standard InChI is InChI=1S/C32H31F2N5O2/c1-2-23-26(33)11-8-19-12-22(40)13-24(27(19)23)29-28(34)30-25(14-35-29)31(39-15-20-9-10-21(16-39)36-20)38-32(37-30)41-17-18-6-4-3-5-7-18/h1,8,11-14,18,20-21,36,40H,3-7,9-10,15-17H2. The highest BCUT2D eigenvalue weighted by molar-refractivity contribution is 6.03. The highest BCUT2D eigenvalue weighted by Gasteiger charge is 2.34. The molecule has 2 aliphatic heterocycles. The highest BCUT2D eigenvalue weighted by atomic mass is 19.1. The van der Waals surface area contributed by atoms with Crippen LogP contribution >= 0.6 is 0 Å². The molecule has 4 heterocycles. The van der Waals surface area contributed by atoms with E-state index >= 15 is 4.39 Å². The number of phenols is 1. The summed E-state index contributed by atoms with van der Waals surface area (Å²) in [5.74, 6) is 1.99. The molecular weight excluding hydrogens is 524 g/mol. The van der Waals surface area contributed by atoms with Crippen molar-refractivity contribution in [3.63, 3.8) is 0 Å². The zero-order chi connectivity index (χ0) is 28.1. The quantitative estimate of drug-likeness (QED) is 0.305. The molecule has 7 nitrogen and oxygen atoms in total. The lowest BCUT2D eigenvalue weighted by Crippen LogP contribution is -2.51. The zero-order valence-corrected chi connectivity index (χ0v) is 22.7. The summed E-state index contributed by atoms with van der Waals surface area (Å²) in [6, 6.07) is 6.39. The molecule has 1 aliphatic carbocycles. The molecule has 1 saturated carbocycles. The minimum absolute atomic E-state index is 0.0185. The van der Waals surface area contributed by atoms with Crippen LogP contribution in [0.2, 0.25) is 0 Å². The van der Waals surface area contributed by atoms with Crippen molar-refractivity contribution in [1.29, 1.82) is 0 Å². The number of benzene rings is 2. The van der Waals surface area contributed by atoms with Crippen LogP contribution in [0.4, 0.5) is 14.6 Å². The Labute approximate surface area is 237 Å². The number of fused-ring (bicyclic) bond motifs is 4. The Hall–Kier alpha value is -4.03. The van der Waals surface area contributed by atoms with Gasteiger partial charge in [0.15, 0.2) is 5.82 Å². The SMILES string of the molecule is C#Cc1c(F)ccc2cc(O)cc(-c3ncc4c(N5CC6CCC(C5)N6)nc(OCC5CCCCC5)nc4c3F)c12. The van der Waals surface area contributed by atoms with Crippen LogP contribution in [0.15, 0.2) is 30.5 Å². The number of pyridine rings is 1. The first-order chi connectivity index (χ1) is 20.0. The normalized spacial score (nSPS) is 21.0. The second-order valence-electron chi connectivity index (χ2n) is 11.5. The van der Waals surface area contributed by atoms with Crippen LogP contribution in [0.3, 0.4) is 0 Å². The van der Waals surface area contributed by atoms with Crippen LogP contribution in [-0.2, 0) is 0 Å². The van der Waals surface area contributed by atoms with Crippen molar-refractivity contribution in [3.05, 3.63) is 47.7 Å². The van der Waals surface area contributed by atoms with E-state index in [4.69, 9.17) is 16.1 Å². The maximum atomic E-state index is 16.6. The van der Waals surface area contributed by atoms with E-state index in [1.54, 1.807) is 6.20 Å². The molecule has 0 spiro atoms. The van der Waals surface area contributed by atoms with Crippen LogP contribution in [0.1, 0.15) is 50.5 Å². The third-order valence-corrected chi connectivity index (χ3v) is 8.78. The van der Waals surface area contributed by atoms with Gasteiger partial charge in [0.2, 0.25) is 0 Å². The van der Waals surface area contributed by atoms with E-state index in [1.165, 1.54) is 43.5 Å². The summed E-state index contributed by atoms with van der Waals surface area (Å²) in [4.78, 5) is 16.0. The molecule has 2 atom stereocenters. The monoisotopic (exact) mass is 555 g/mol. The predicted octanol–water partition coefficient (Wildman–Crippen LogP) is 5.71. The Kier molecular flexibility index (Phi) is 6.58. The van der Waals surface area contributed by atoms with Crippen molar-refractivity contribution in [2.75, 3.05) is 24.6 Å². The Morgan fingerprint density at radius 2 is 1.83 bits per heavy atom. The van der Waals surface area contributed by atoms with Crippen molar-refractivity contribution in [2.45, 2.75) is 57.0 Å². The second-order valence-corrected chi connectivity index (χ2v) is 11.5. The number of aromatic nitrogens is 3. The van der Waals surface area contributed by atoms with Crippen LogP contribution in [0.5, 0.6) is 11.8 Å². The topological polar surface area (TPSA) is 83.4 Å². The van der Waals surface area contributed by atoms with E-state index < -0.39 is 11.6 Å². The summed E-state index contributed by atoms with van der Waals surface area (Å²) < 4.78 is 37.4. The van der Waals surface area contributed by atoms with Crippen molar-refractivity contribution in [2.24, 2.45) is 5.92 Å².